The Morgan fingerprint density at radius 2 is 1.94 bits per heavy atom. The van der Waals surface area contributed by atoms with E-state index in [0.717, 1.165) is 24.3 Å². The highest BCUT2D eigenvalue weighted by atomic mass is 16.4. The Balaban J connectivity index is 2.09. The number of hydrogen-bond acceptors (Lipinski definition) is 2. The van der Waals surface area contributed by atoms with Gasteiger partial charge in [0.2, 0.25) is 0 Å². The maximum atomic E-state index is 10.9. The fourth-order valence-electron chi connectivity index (χ4n) is 2.35. The smallest absolute Gasteiger partial charge is 0.307 e. The average Bonchev–Trinajstić information content (AvgIpc) is 2.15. The summed E-state index contributed by atoms with van der Waals surface area (Å²) in [6, 6.07) is 7.82. The van der Waals surface area contributed by atoms with Gasteiger partial charge in [0.05, 0.1) is 6.42 Å². The van der Waals surface area contributed by atoms with E-state index in [9.17, 15) is 4.79 Å². The van der Waals surface area contributed by atoms with E-state index >= 15 is 0 Å². The minimum Gasteiger partial charge on any atom is -0.481 e. The third kappa shape index (κ3) is 2.66. The number of carbonyl (C=O) groups is 1. The van der Waals surface area contributed by atoms with Crippen molar-refractivity contribution >= 4 is 11.7 Å². The number of rotatable bonds is 3. The molecule has 1 heterocycles. The van der Waals surface area contributed by atoms with Gasteiger partial charge < -0.3 is 10.0 Å². The molecule has 0 aliphatic carbocycles. The molecule has 0 aromatic heterocycles. The number of benzene rings is 1. The standard InChI is InChI=1S/C15H21NO2/c1-15(2,3)12-9-16(10-12)13-7-5-4-6-11(13)8-14(17)18/h4-7,12H,8-10H2,1-3H3,(H,17,18). The summed E-state index contributed by atoms with van der Waals surface area (Å²) in [4.78, 5) is 13.1. The lowest BCUT2D eigenvalue weighted by molar-refractivity contribution is -0.136. The van der Waals surface area contributed by atoms with Crippen LogP contribution in [0.25, 0.3) is 0 Å². The van der Waals surface area contributed by atoms with Gasteiger partial charge in [-0.25, -0.2) is 0 Å². The molecule has 98 valence electrons. The van der Waals surface area contributed by atoms with E-state index in [1.165, 1.54) is 0 Å². The van der Waals surface area contributed by atoms with Crippen molar-refractivity contribution in [2.45, 2.75) is 27.2 Å². The molecule has 0 bridgehead atoms. The quantitative estimate of drug-likeness (QED) is 0.893. The maximum Gasteiger partial charge on any atom is 0.307 e. The fraction of sp³-hybridized carbons (Fsp3) is 0.533. The first kappa shape index (κ1) is 12.9. The lowest BCUT2D eigenvalue weighted by Crippen LogP contribution is -2.52. The Morgan fingerprint density at radius 1 is 1.33 bits per heavy atom. The average molecular weight is 247 g/mol. The van der Waals surface area contributed by atoms with Crippen LogP contribution in [0.3, 0.4) is 0 Å². The van der Waals surface area contributed by atoms with Gasteiger partial charge in [-0.1, -0.05) is 39.0 Å². The van der Waals surface area contributed by atoms with Crippen LogP contribution in [0.2, 0.25) is 0 Å². The minimum atomic E-state index is -0.768. The Morgan fingerprint density at radius 3 is 2.50 bits per heavy atom. The van der Waals surface area contributed by atoms with Gasteiger partial charge in [-0.3, -0.25) is 4.79 Å². The molecule has 0 radical (unpaired) electrons. The molecule has 0 unspecified atom stereocenters. The van der Waals surface area contributed by atoms with Gasteiger partial charge >= 0.3 is 5.97 Å². The predicted octanol–water partition coefficient (Wildman–Crippen LogP) is 2.80. The summed E-state index contributed by atoms with van der Waals surface area (Å²) < 4.78 is 0. The summed E-state index contributed by atoms with van der Waals surface area (Å²) in [7, 11) is 0. The largest absolute Gasteiger partial charge is 0.481 e. The number of anilines is 1. The second-order valence-electron chi connectivity index (χ2n) is 6.17. The van der Waals surface area contributed by atoms with Crippen molar-refractivity contribution in [2.24, 2.45) is 11.3 Å². The molecule has 3 nitrogen and oxygen atoms in total. The molecule has 3 heteroatoms. The first-order valence-electron chi connectivity index (χ1n) is 6.42. The van der Waals surface area contributed by atoms with Crippen LogP contribution in [-0.2, 0) is 11.2 Å². The summed E-state index contributed by atoms with van der Waals surface area (Å²) >= 11 is 0. The number of nitrogens with zero attached hydrogens (tertiary/aromatic N) is 1. The van der Waals surface area contributed by atoms with Crippen molar-refractivity contribution in [1.82, 2.24) is 0 Å². The molecule has 0 atom stereocenters. The second-order valence-corrected chi connectivity index (χ2v) is 6.17. The molecule has 1 N–H and O–H groups in total. The number of carboxylic acid groups (broad SMARTS) is 1. The summed E-state index contributed by atoms with van der Waals surface area (Å²) in [6.45, 7) is 8.84. The predicted molar refractivity (Wildman–Crippen MR) is 72.9 cm³/mol. The third-order valence-electron chi connectivity index (χ3n) is 3.78. The van der Waals surface area contributed by atoms with E-state index in [0.29, 0.717) is 11.3 Å². The van der Waals surface area contributed by atoms with Gasteiger partial charge in [-0.15, -0.1) is 0 Å². The molecule has 18 heavy (non-hydrogen) atoms. The normalized spacial score (nSPS) is 16.5. The lowest BCUT2D eigenvalue weighted by atomic mass is 9.75. The van der Waals surface area contributed by atoms with Gasteiger partial charge in [-0.2, -0.15) is 0 Å². The summed E-state index contributed by atoms with van der Waals surface area (Å²) in [6.07, 6.45) is 0.104. The van der Waals surface area contributed by atoms with Crippen LogP contribution < -0.4 is 4.90 Å². The van der Waals surface area contributed by atoms with Gasteiger partial charge in [-0.05, 0) is 23.0 Å². The number of hydrogen-bond donors (Lipinski definition) is 1. The molecule has 1 aliphatic rings. The number of aliphatic carboxylic acids is 1. The molecule has 1 fully saturated rings. The Hall–Kier alpha value is -1.51. The van der Waals surface area contributed by atoms with Crippen LogP contribution in [-0.4, -0.2) is 24.2 Å². The van der Waals surface area contributed by atoms with Crippen LogP contribution in [0.4, 0.5) is 5.69 Å². The first-order chi connectivity index (χ1) is 8.38. The molecule has 1 aromatic rings. The van der Waals surface area contributed by atoms with Gasteiger partial charge in [0.25, 0.3) is 0 Å². The zero-order valence-corrected chi connectivity index (χ0v) is 11.3. The van der Waals surface area contributed by atoms with Gasteiger partial charge in [0.15, 0.2) is 0 Å². The van der Waals surface area contributed by atoms with Crippen LogP contribution in [0.5, 0.6) is 0 Å². The minimum absolute atomic E-state index is 0.104. The van der Waals surface area contributed by atoms with Crippen LogP contribution in [0.1, 0.15) is 26.3 Å². The van der Waals surface area contributed by atoms with Crippen molar-refractivity contribution in [3.8, 4) is 0 Å². The Bertz CT molecular complexity index is 442. The molecular weight excluding hydrogens is 226 g/mol. The van der Waals surface area contributed by atoms with Gasteiger partial charge in [0.1, 0.15) is 0 Å². The molecular formula is C15H21NO2. The van der Waals surface area contributed by atoms with Crippen molar-refractivity contribution in [3.05, 3.63) is 29.8 Å². The molecule has 1 aliphatic heterocycles. The van der Waals surface area contributed by atoms with E-state index in [2.05, 4.69) is 25.7 Å². The van der Waals surface area contributed by atoms with Crippen molar-refractivity contribution in [1.29, 1.82) is 0 Å². The highest BCUT2D eigenvalue weighted by molar-refractivity contribution is 5.74. The second kappa shape index (κ2) is 4.63. The zero-order valence-electron chi connectivity index (χ0n) is 11.3. The Kier molecular flexibility index (Phi) is 3.33. The monoisotopic (exact) mass is 247 g/mol. The number of carboxylic acids is 1. The zero-order chi connectivity index (χ0) is 13.3. The molecule has 0 spiro atoms. The molecule has 1 saturated heterocycles. The van der Waals surface area contributed by atoms with Crippen LogP contribution in [0.15, 0.2) is 24.3 Å². The van der Waals surface area contributed by atoms with Gasteiger partial charge in [0, 0.05) is 18.8 Å². The fourth-order valence-corrected chi connectivity index (χ4v) is 2.35. The van der Waals surface area contributed by atoms with Crippen LogP contribution in [0, 0.1) is 11.3 Å². The summed E-state index contributed by atoms with van der Waals surface area (Å²) in [5, 5.41) is 8.93. The number of para-hydroxylation sites is 1. The maximum absolute atomic E-state index is 10.9. The molecule has 2 rings (SSSR count). The highest BCUT2D eigenvalue weighted by Crippen LogP contribution is 2.37. The van der Waals surface area contributed by atoms with Crippen molar-refractivity contribution < 1.29 is 9.90 Å². The molecule has 0 amide bonds. The SMILES string of the molecule is CC(C)(C)C1CN(c2ccccc2CC(=O)O)C1. The summed E-state index contributed by atoms with van der Waals surface area (Å²) in [5.74, 6) is -0.0780. The van der Waals surface area contributed by atoms with E-state index in [1.54, 1.807) is 0 Å². The molecule has 1 aromatic carbocycles. The van der Waals surface area contributed by atoms with E-state index in [4.69, 9.17) is 5.11 Å². The molecule has 0 saturated carbocycles. The summed E-state index contributed by atoms with van der Waals surface area (Å²) in [5.41, 5.74) is 2.33. The Labute approximate surface area is 108 Å². The first-order valence-corrected chi connectivity index (χ1v) is 6.42. The van der Waals surface area contributed by atoms with Crippen molar-refractivity contribution in [3.63, 3.8) is 0 Å². The van der Waals surface area contributed by atoms with E-state index < -0.39 is 5.97 Å². The lowest BCUT2D eigenvalue weighted by Gasteiger charge is -2.48. The third-order valence-corrected chi connectivity index (χ3v) is 3.78. The topological polar surface area (TPSA) is 40.5 Å². The van der Waals surface area contributed by atoms with Crippen molar-refractivity contribution in [2.75, 3.05) is 18.0 Å². The van der Waals surface area contributed by atoms with Crippen LogP contribution >= 0.6 is 0 Å². The van der Waals surface area contributed by atoms with E-state index in [-0.39, 0.29) is 6.42 Å². The highest BCUT2D eigenvalue weighted by Gasteiger charge is 2.36. The van der Waals surface area contributed by atoms with E-state index in [1.807, 2.05) is 24.3 Å².